The summed E-state index contributed by atoms with van der Waals surface area (Å²) >= 11 is 11.2. The average molecular weight is 216 g/mol. The van der Waals surface area contributed by atoms with Crippen LogP contribution in [0.5, 0.6) is 0 Å². The molecule has 3 nitrogen and oxygen atoms in total. The van der Waals surface area contributed by atoms with Crippen molar-refractivity contribution in [2.75, 3.05) is 6.00 Å². The summed E-state index contributed by atoms with van der Waals surface area (Å²) in [7, 11) is 0. The number of rotatable bonds is 2. The third kappa shape index (κ3) is 2.50. The van der Waals surface area contributed by atoms with E-state index in [9.17, 15) is 0 Å². The highest BCUT2D eigenvalue weighted by molar-refractivity contribution is 6.33. The molecule has 0 bridgehead atoms. The Morgan fingerprint density at radius 2 is 2.38 bits per heavy atom. The molecule has 1 rings (SSSR count). The summed E-state index contributed by atoms with van der Waals surface area (Å²) in [5.41, 5.74) is 0.639. The van der Waals surface area contributed by atoms with Gasteiger partial charge in [-0.05, 0) is 18.9 Å². The predicted octanol–water partition coefficient (Wildman–Crippen LogP) is 2.37. The van der Waals surface area contributed by atoms with Gasteiger partial charge < -0.3 is 0 Å². The van der Waals surface area contributed by atoms with Crippen molar-refractivity contribution in [2.45, 2.75) is 0 Å². The highest BCUT2D eigenvalue weighted by Gasteiger charge is 2.09. The topological polar surface area (TPSA) is 37.1 Å². The molecule has 0 aromatic carbocycles. The Kier molecular flexibility index (Phi) is 3.86. The molecular weight excluding hydrogens is 209 g/mol. The van der Waals surface area contributed by atoms with Gasteiger partial charge in [0.25, 0.3) is 0 Å². The van der Waals surface area contributed by atoms with Gasteiger partial charge in [0, 0.05) is 6.21 Å². The van der Waals surface area contributed by atoms with E-state index in [2.05, 4.69) is 21.7 Å². The van der Waals surface area contributed by atoms with Crippen molar-refractivity contribution in [1.82, 2.24) is 0 Å². The SMILES string of the molecule is C=N/C(Cl)=C1/C=CC=NC1=NCCl. The number of amidine groups is 1. The van der Waals surface area contributed by atoms with Crippen LogP contribution in [0.2, 0.25) is 0 Å². The van der Waals surface area contributed by atoms with Crippen molar-refractivity contribution in [3.8, 4) is 0 Å². The van der Waals surface area contributed by atoms with Gasteiger partial charge >= 0.3 is 0 Å². The average Bonchev–Trinajstić information content (AvgIpc) is 2.18. The predicted molar refractivity (Wildman–Crippen MR) is 58.2 cm³/mol. The maximum Gasteiger partial charge on any atom is 0.158 e. The number of halogens is 2. The monoisotopic (exact) mass is 215 g/mol. The molecule has 0 atom stereocenters. The zero-order chi connectivity index (χ0) is 9.68. The lowest BCUT2D eigenvalue weighted by atomic mass is 10.2. The number of aliphatic imine (C=N–C) groups is 3. The second-order valence-electron chi connectivity index (χ2n) is 2.10. The van der Waals surface area contributed by atoms with Gasteiger partial charge in [-0.3, -0.25) is 4.99 Å². The first-order chi connectivity index (χ1) is 6.29. The van der Waals surface area contributed by atoms with E-state index >= 15 is 0 Å². The second-order valence-corrected chi connectivity index (χ2v) is 2.70. The van der Waals surface area contributed by atoms with Crippen LogP contribution in [0.4, 0.5) is 0 Å². The number of allylic oxidation sites excluding steroid dienone is 1. The molecule has 0 radical (unpaired) electrons. The van der Waals surface area contributed by atoms with Crippen molar-refractivity contribution in [3.63, 3.8) is 0 Å². The fraction of sp³-hybridized carbons (Fsp3) is 0.125. The smallest absolute Gasteiger partial charge is 0.158 e. The standard InChI is InChI=1S/C8H7Cl2N3/c1-11-7(10)6-3-2-4-12-8(6)13-5-9/h2-4H,1,5H2/b7-6-,13-8?. The van der Waals surface area contributed by atoms with E-state index < -0.39 is 0 Å². The molecule has 1 aliphatic heterocycles. The minimum Gasteiger partial charge on any atom is -0.252 e. The van der Waals surface area contributed by atoms with Gasteiger partial charge in [-0.1, -0.05) is 11.6 Å². The fourth-order valence-electron chi connectivity index (χ4n) is 0.826. The van der Waals surface area contributed by atoms with Crippen molar-refractivity contribution < 1.29 is 0 Å². The van der Waals surface area contributed by atoms with E-state index in [0.717, 1.165) is 0 Å². The van der Waals surface area contributed by atoms with Crippen LogP contribution >= 0.6 is 23.2 Å². The minimum absolute atomic E-state index is 0.144. The molecule has 1 aliphatic rings. The lowest BCUT2D eigenvalue weighted by molar-refractivity contribution is 1.32. The summed E-state index contributed by atoms with van der Waals surface area (Å²) < 4.78 is 0. The van der Waals surface area contributed by atoms with Crippen LogP contribution in [0, 0.1) is 0 Å². The Hall–Kier alpha value is -0.930. The Morgan fingerprint density at radius 3 is 3.00 bits per heavy atom. The molecule has 0 spiro atoms. The van der Waals surface area contributed by atoms with E-state index in [-0.39, 0.29) is 11.2 Å². The zero-order valence-electron chi connectivity index (χ0n) is 6.74. The van der Waals surface area contributed by atoms with E-state index in [1.54, 1.807) is 18.4 Å². The summed E-state index contributed by atoms with van der Waals surface area (Å²) in [6, 6.07) is 0.144. The maximum atomic E-state index is 5.78. The van der Waals surface area contributed by atoms with E-state index in [4.69, 9.17) is 23.2 Å². The van der Waals surface area contributed by atoms with Gasteiger partial charge in [0.2, 0.25) is 0 Å². The quantitative estimate of drug-likeness (QED) is 0.386. The van der Waals surface area contributed by atoms with Crippen LogP contribution in [-0.2, 0) is 0 Å². The molecule has 1 heterocycles. The van der Waals surface area contributed by atoms with Crippen molar-refractivity contribution in [3.05, 3.63) is 22.9 Å². The number of dihydropyridines is 1. The Labute approximate surface area is 86.2 Å². The third-order valence-electron chi connectivity index (χ3n) is 1.36. The van der Waals surface area contributed by atoms with Crippen LogP contribution in [0.1, 0.15) is 0 Å². The van der Waals surface area contributed by atoms with Crippen LogP contribution in [0.3, 0.4) is 0 Å². The van der Waals surface area contributed by atoms with Gasteiger partial charge in [0.15, 0.2) is 5.84 Å². The molecule has 68 valence electrons. The first-order valence-corrected chi connectivity index (χ1v) is 4.39. The first-order valence-electron chi connectivity index (χ1n) is 3.47. The van der Waals surface area contributed by atoms with E-state index in [1.165, 1.54) is 0 Å². The number of alkyl halides is 1. The largest absolute Gasteiger partial charge is 0.252 e. The molecule has 0 saturated heterocycles. The van der Waals surface area contributed by atoms with Gasteiger partial charge in [-0.25, -0.2) is 9.98 Å². The molecule has 13 heavy (non-hydrogen) atoms. The molecule has 0 aromatic heterocycles. The van der Waals surface area contributed by atoms with Crippen molar-refractivity contribution in [1.29, 1.82) is 0 Å². The highest BCUT2D eigenvalue weighted by Crippen LogP contribution is 2.16. The number of hydrogen-bond acceptors (Lipinski definition) is 2. The van der Waals surface area contributed by atoms with E-state index in [1.807, 2.05) is 0 Å². The summed E-state index contributed by atoms with van der Waals surface area (Å²) in [6.07, 6.45) is 5.12. The second kappa shape index (κ2) is 4.94. The Bertz CT molecular complexity index is 326. The Morgan fingerprint density at radius 1 is 1.62 bits per heavy atom. The molecule has 5 heteroatoms. The van der Waals surface area contributed by atoms with Crippen LogP contribution < -0.4 is 0 Å². The van der Waals surface area contributed by atoms with Crippen molar-refractivity contribution >= 4 is 42.0 Å². The number of hydrogen-bond donors (Lipinski definition) is 0. The summed E-state index contributed by atoms with van der Waals surface area (Å²) in [4.78, 5) is 11.5. The van der Waals surface area contributed by atoms with Crippen LogP contribution in [-0.4, -0.2) is 24.8 Å². The lowest BCUT2D eigenvalue weighted by Gasteiger charge is -2.05. The third-order valence-corrected chi connectivity index (χ3v) is 1.80. The molecule has 0 unspecified atom stereocenters. The zero-order valence-corrected chi connectivity index (χ0v) is 8.26. The number of nitrogens with zero attached hydrogens (tertiary/aromatic N) is 3. The summed E-state index contributed by atoms with van der Waals surface area (Å²) in [5.74, 6) is 0.481. The highest BCUT2D eigenvalue weighted by atomic mass is 35.5. The molecule has 0 saturated carbocycles. The summed E-state index contributed by atoms with van der Waals surface area (Å²) in [5, 5.41) is 0.275. The van der Waals surface area contributed by atoms with Crippen LogP contribution in [0.25, 0.3) is 0 Å². The molecule has 0 fully saturated rings. The molecular formula is C8H7Cl2N3. The van der Waals surface area contributed by atoms with Crippen molar-refractivity contribution in [2.24, 2.45) is 15.0 Å². The lowest BCUT2D eigenvalue weighted by Crippen LogP contribution is -2.03. The van der Waals surface area contributed by atoms with E-state index in [0.29, 0.717) is 11.4 Å². The fourth-order valence-corrected chi connectivity index (χ4v) is 1.09. The molecule has 0 amide bonds. The van der Waals surface area contributed by atoms with Gasteiger partial charge in [-0.15, -0.1) is 11.6 Å². The van der Waals surface area contributed by atoms with Gasteiger partial charge in [0.05, 0.1) is 5.57 Å². The molecule has 0 aromatic rings. The summed E-state index contributed by atoms with van der Waals surface area (Å²) in [6.45, 7) is 3.32. The van der Waals surface area contributed by atoms with Gasteiger partial charge in [-0.2, -0.15) is 0 Å². The molecule has 0 N–H and O–H groups in total. The van der Waals surface area contributed by atoms with Crippen LogP contribution in [0.15, 0.2) is 37.9 Å². The maximum absolute atomic E-state index is 5.78. The molecule has 0 aliphatic carbocycles. The minimum atomic E-state index is 0.144. The van der Waals surface area contributed by atoms with Gasteiger partial charge in [0.1, 0.15) is 11.2 Å². The Balaban J connectivity index is 3.09. The first kappa shape index (κ1) is 10.2. The normalized spacial score (nSPS) is 22.2.